The number of thiophene rings is 1. The summed E-state index contributed by atoms with van der Waals surface area (Å²) in [5.41, 5.74) is 1.21. The molecule has 2 aliphatic rings. The minimum absolute atomic E-state index is 0.0202. The van der Waals surface area contributed by atoms with Gasteiger partial charge in [0.2, 0.25) is 11.8 Å². The number of amides is 2. The number of rotatable bonds is 7. The molecule has 0 saturated carbocycles. The molecule has 0 N–H and O–H groups in total. The summed E-state index contributed by atoms with van der Waals surface area (Å²) < 4.78 is 1.36. The van der Waals surface area contributed by atoms with Crippen LogP contribution in [0.25, 0.3) is 10.1 Å². The summed E-state index contributed by atoms with van der Waals surface area (Å²) in [6.07, 6.45) is 3.82. The number of anilines is 1. The number of fused-ring (bicyclic) bond motifs is 1. The zero-order valence-electron chi connectivity index (χ0n) is 18.2. The van der Waals surface area contributed by atoms with Crippen molar-refractivity contribution in [1.82, 2.24) is 9.80 Å². The third-order valence-electron chi connectivity index (χ3n) is 6.90. The molecule has 2 aromatic rings. The van der Waals surface area contributed by atoms with Crippen LogP contribution < -0.4 is 4.90 Å². The molecule has 6 heteroatoms. The Hall–Kier alpha value is -1.92. The van der Waals surface area contributed by atoms with Crippen molar-refractivity contribution >= 4 is 38.9 Å². The van der Waals surface area contributed by atoms with E-state index in [9.17, 15) is 9.59 Å². The molecule has 3 heterocycles. The monoisotopic (exact) mass is 427 g/mol. The maximum Gasteiger partial charge on any atom is 0.229 e. The Balaban J connectivity index is 1.20. The molecule has 2 amide bonds. The molecule has 1 aromatic heterocycles. The SMILES string of the molecule is CCC1(C)CC(=O)N(CCCCN2CCN(c3cccc4sccc34)CC2)C(=O)C1. The van der Waals surface area contributed by atoms with Crippen molar-refractivity contribution in [3.63, 3.8) is 0 Å². The molecule has 0 aliphatic carbocycles. The van der Waals surface area contributed by atoms with Gasteiger partial charge in [-0.25, -0.2) is 0 Å². The molecule has 0 unspecified atom stereocenters. The molecule has 1 aromatic carbocycles. The summed E-state index contributed by atoms with van der Waals surface area (Å²) in [5.74, 6) is 0.0404. The number of hydrogen-bond donors (Lipinski definition) is 0. The van der Waals surface area contributed by atoms with Crippen molar-refractivity contribution in [1.29, 1.82) is 0 Å². The van der Waals surface area contributed by atoms with Crippen LogP contribution in [0.4, 0.5) is 5.69 Å². The van der Waals surface area contributed by atoms with E-state index in [0.29, 0.717) is 19.4 Å². The van der Waals surface area contributed by atoms with Crippen LogP contribution >= 0.6 is 11.3 Å². The van der Waals surface area contributed by atoms with E-state index < -0.39 is 0 Å². The fourth-order valence-corrected chi connectivity index (χ4v) is 5.50. The number of benzene rings is 1. The Morgan fingerprint density at radius 2 is 1.67 bits per heavy atom. The van der Waals surface area contributed by atoms with Gasteiger partial charge in [-0.2, -0.15) is 0 Å². The Bertz CT molecular complexity index is 883. The lowest BCUT2D eigenvalue weighted by Crippen LogP contribution is -2.48. The largest absolute Gasteiger partial charge is 0.368 e. The second kappa shape index (κ2) is 9.06. The molecule has 2 fully saturated rings. The number of carbonyl (C=O) groups is 2. The number of unbranched alkanes of at least 4 members (excludes halogenated alkanes) is 1. The van der Waals surface area contributed by atoms with Crippen LogP contribution in [0.5, 0.6) is 0 Å². The van der Waals surface area contributed by atoms with Gasteiger partial charge < -0.3 is 4.90 Å². The number of carbonyl (C=O) groups excluding carboxylic acids is 2. The lowest BCUT2D eigenvalue weighted by atomic mass is 9.77. The smallest absolute Gasteiger partial charge is 0.229 e. The number of piperidine rings is 1. The molecule has 0 atom stereocenters. The van der Waals surface area contributed by atoms with E-state index in [1.54, 1.807) is 11.3 Å². The summed E-state index contributed by atoms with van der Waals surface area (Å²) >= 11 is 1.80. The van der Waals surface area contributed by atoms with Gasteiger partial charge >= 0.3 is 0 Å². The number of hydrogen-bond acceptors (Lipinski definition) is 5. The zero-order chi connectivity index (χ0) is 21.1. The molecule has 30 heavy (non-hydrogen) atoms. The summed E-state index contributed by atoms with van der Waals surface area (Å²) in [6.45, 7) is 9.97. The second-order valence-corrected chi connectivity index (χ2v) is 10.0. The van der Waals surface area contributed by atoms with Gasteiger partial charge in [-0.15, -0.1) is 11.3 Å². The first-order valence-electron chi connectivity index (χ1n) is 11.3. The van der Waals surface area contributed by atoms with Crippen molar-refractivity contribution in [2.24, 2.45) is 5.41 Å². The highest BCUT2D eigenvalue weighted by molar-refractivity contribution is 7.17. The summed E-state index contributed by atoms with van der Waals surface area (Å²) in [4.78, 5) is 31.3. The Kier molecular flexibility index (Phi) is 6.44. The number of likely N-dealkylation sites (tertiary alicyclic amines) is 1. The third-order valence-corrected chi connectivity index (χ3v) is 7.79. The lowest BCUT2D eigenvalue weighted by Gasteiger charge is -2.37. The van der Waals surface area contributed by atoms with Gasteiger partial charge in [0.1, 0.15) is 0 Å². The molecule has 0 radical (unpaired) electrons. The molecular formula is C24H33N3O2S. The Morgan fingerprint density at radius 3 is 2.37 bits per heavy atom. The van der Waals surface area contributed by atoms with Gasteiger partial charge in [0.05, 0.1) is 0 Å². The van der Waals surface area contributed by atoms with Gasteiger partial charge in [-0.05, 0) is 54.8 Å². The summed E-state index contributed by atoms with van der Waals surface area (Å²) in [7, 11) is 0. The van der Waals surface area contributed by atoms with E-state index in [0.717, 1.165) is 52.0 Å². The fraction of sp³-hybridized carbons (Fsp3) is 0.583. The standard InChI is InChI=1S/C24H33N3O2S/c1-3-24(2)17-22(28)27(23(29)18-24)11-5-4-10-25-12-14-26(15-13-25)20-7-6-8-21-19(20)9-16-30-21/h6-9,16H,3-5,10-15,17-18H2,1-2H3. The molecule has 5 nitrogen and oxygen atoms in total. The van der Waals surface area contributed by atoms with E-state index >= 15 is 0 Å². The summed E-state index contributed by atoms with van der Waals surface area (Å²) in [6, 6.07) is 8.82. The van der Waals surface area contributed by atoms with Crippen LogP contribution in [0, 0.1) is 5.41 Å². The van der Waals surface area contributed by atoms with Crippen molar-refractivity contribution in [2.75, 3.05) is 44.2 Å². The van der Waals surface area contributed by atoms with Gasteiger partial charge in [0.15, 0.2) is 0 Å². The van der Waals surface area contributed by atoms with E-state index in [2.05, 4.69) is 53.3 Å². The normalized spacial score (nSPS) is 20.3. The average Bonchev–Trinajstić information content (AvgIpc) is 3.22. The molecule has 0 spiro atoms. The van der Waals surface area contributed by atoms with Crippen molar-refractivity contribution in [3.8, 4) is 0 Å². The average molecular weight is 428 g/mol. The minimum Gasteiger partial charge on any atom is -0.368 e. The highest BCUT2D eigenvalue weighted by Crippen LogP contribution is 2.35. The van der Waals surface area contributed by atoms with Crippen LogP contribution in [0.15, 0.2) is 29.6 Å². The zero-order valence-corrected chi connectivity index (χ0v) is 19.0. The Labute approximate surface area is 183 Å². The maximum absolute atomic E-state index is 12.4. The van der Waals surface area contributed by atoms with Gasteiger partial charge in [0.25, 0.3) is 0 Å². The topological polar surface area (TPSA) is 43.9 Å². The molecule has 0 bridgehead atoms. The van der Waals surface area contributed by atoms with Gasteiger partial charge in [0, 0.05) is 61.3 Å². The second-order valence-electron chi connectivity index (χ2n) is 9.10. The van der Waals surface area contributed by atoms with E-state index in [-0.39, 0.29) is 17.2 Å². The fourth-order valence-electron chi connectivity index (χ4n) is 4.69. The molecule has 162 valence electrons. The molecule has 2 aliphatic heterocycles. The first kappa shape index (κ1) is 21.3. The van der Waals surface area contributed by atoms with E-state index in [1.807, 2.05) is 0 Å². The molecule has 2 saturated heterocycles. The first-order chi connectivity index (χ1) is 14.5. The third kappa shape index (κ3) is 4.54. The highest BCUT2D eigenvalue weighted by atomic mass is 32.1. The Morgan fingerprint density at radius 1 is 0.967 bits per heavy atom. The number of imide groups is 1. The van der Waals surface area contributed by atoms with Crippen molar-refractivity contribution < 1.29 is 9.59 Å². The van der Waals surface area contributed by atoms with E-state index in [4.69, 9.17) is 0 Å². The highest BCUT2D eigenvalue weighted by Gasteiger charge is 2.38. The van der Waals surface area contributed by atoms with Crippen molar-refractivity contribution in [3.05, 3.63) is 29.6 Å². The van der Waals surface area contributed by atoms with Crippen LogP contribution in [-0.4, -0.2) is 60.9 Å². The lowest BCUT2D eigenvalue weighted by molar-refractivity contribution is -0.153. The van der Waals surface area contributed by atoms with Crippen molar-refractivity contribution in [2.45, 2.75) is 46.0 Å². The summed E-state index contributed by atoms with van der Waals surface area (Å²) in [5, 5.41) is 3.54. The minimum atomic E-state index is -0.141. The predicted molar refractivity (Wildman–Crippen MR) is 124 cm³/mol. The molecule has 4 rings (SSSR count). The quantitative estimate of drug-likeness (QED) is 0.486. The van der Waals surface area contributed by atoms with Gasteiger partial charge in [-0.3, -0.25) is 19.4 Å². The van der Waals surface area contributed by atoms with Crippen LogP contribution in [0.1, 0.15) is 46.0 Å². The maximum atomic E-state index is 12.4. The van der Waals surface area contributed by atoms with Crippen LogP contribution in [-0.2, 0) is 9.59 Å². The van der Waals surface area contributed by atoms with Crippen LogP contribution in [0.3, 0.4) is 0 Å². The first-order valence-corrected chi connectivity index (χ1v) is 12.1. The molecular weight excluding hydrogens is 394 g/mol. The van der Waals surface area contributed by atoms with E-state index in [1.165, 1.54) is 20.7 Å². The number of piperazine rings is 1. The number of nitrogens with zero attached hydrogens (tertiary/aromatic N) is 3. The van der Waals surface area contributed by atoms with Gasteiger partial charge in [-0.1, -0.05) is 19.9 Å². The van der Waals surface area contributed by atoms with Crippen LogP contribution in [0.2, 0.25) is 0 Å². The predicted octanol–water partition coefficient (Wildman–Crippen LogP) is 4.37.